The lowest BCUT2D eigenvalue weighted by Crippen LogP contribution is -2.21. The molecule has 0 spiro atoms. The Morgan fingerprint density at radius 1 is 1.15 bits per heavy atom. The second-order valence-corrected chi connectivity index (χ2v) is 6.60. The highest BCUT2D eigenvalue weighted by Crippen LogP contribution is 2.26. The molecule has 2 aromatic rings. The summed E-state index contributed by atoms with van der Waals surface area (Å²) in [5, 5.41) is 17.8. The second kappa shape index (κ2) is 7.45. The Balaban J connectivity index is 1.83. The van der Waals surface area contributed by atoms with E-state index in [1.54, 1.807) is 25.3 Å². The van der Waals surface area contributed by atoms with Crippen molar-refractivity contribution in [3.63, 3.8) is 0 Å². The third kappa shape index (κ3) is 3.74. The van der Waals surface area contributed by atoms with Crippen LogP contribution in [0.3, 0.4) is 0 Å². The molecule has 1 amide bonds. The Kier molecular flexibility index (Phi) is 5.07. The minimum Gasteiger partial charge on any atom is -0.478 e. The number of carbonyl (C=O) groups is 2. The zero-order valence-corrected chi connectivity index (χ0v) is 15.4. The molecule has 6 heteroatoms. The molecule has 0 fully saturated rings. The predicted octanol–water partition coefficient (Wildman–Crippen LogP) is 4.23. The van der Waals surface area contributed by atoms with E-state index >= 15 is 0 Å². The average Bonchev–Trinajstić information content (AvgIpc) is 2.94. The van der Waals surface area contributed by atoms with Gasteiger partial charge in [0.05, 0.1) is 22.5 Å². The topological polar surface area (TPSA) is 82.0 Å². The van der Waals surface area contributed by atoms with Gasteiger partial charge < -0.3 is 10.4 Å². The summed E-state index contributed by atoms with van der Waals surface area (Å²) in [4.78, 5) is 23.7. The summed E-state index contributed by atoms with van der Waals surface area (Å²) in [7, 11) is 0. The zero-order chi connectivity index (χ0) is 19.6. The van der Waals surface area contributed by atoms with Crippen molar-refractivity contribution >= 4 is 29.0 Å². The highest BCUT2D eigenvalue weighted by atomic mass is 16.4. The molecular weight excluding hydrogens is 342 g/mol. The van der Waals surface area contributed by atoms with Gasteiger partial charge in [0, 0.05) is 11.9 Å². The van der Waals surface area contributed by atoms with E-state index in [2.05, 4.69) is 30.3 Å². The lowest BCUT2D eigenvalue weighted by atomic mass is 10.0. The molecule has 138 valence electrons. The highest BCUT2D eigenvalue weighted by Gasteiger charge is 2.28. The number of amides is 1. The van der Waals surface area contributed by atoms with Crippen molar-refractivity contribution in [1.29, 1.82) is 0 Å². The van der Waals surface area contributed by atoms with Crippen LogP contribution >= 0.6 is 0 Å². The van der Waals surface area contributed by atoms with Crippen LogP contribution in [-0.4, -0.2) is 22.7 Å². The summed E-state index contributed by atoms with van der Waals surface area (Å²) in [6, 6.07) is 14.0. The lowest BCUT2D eigenvalue weighted by molar-refractivity contribution is -0.114. The van der Waals surface area contributed by atoms with E-state index in [0.717, 1.165) is 11.3 Å². The fraction of sp³-hybridized carbons (Fsp3) is 0.190. The third-order valence-electron chi connectivity index (χ3n) is 4.38. The molecule has 0 saturated carbocycles. The van der Waals surface area contributed by atoms with Crippen molar-refractivity contribution in [3.05, 3.63) is 71.4 Å². The number of hydrogen-bond acceptors (Lipinski definition) is 4. The Morgan fingerprint density at radius 3 is 2.44 bits per heavy atom. The smallest absolute Gasteiger partial charge is 0.335 e. The van der Waals surface area contributed by atoms with Gasteiger partial charge in [0.25, 0.3) is 5.91 Å². The fourth-order valence-corrected chi connectivity index (χ4v) is 2.89. The molecule has 2 N–H and O–H groups in total. The largest absolute Gasteiger partial charge is 0.478 e. The first-order valence-corrected chi connectivity index (χ1v) is 8.67. The van der Waals surface area contributed by atoms with E-state index in [1.165, 1.54) is 17.1 Å². The summed E-state index contributed by atoms with van der Waals surface area (Å²) >= 11 is 0. The maximum absolute atomic E-state index is 12.8. The predicted molar refractivity (Wildman–Crippen MR) is 106 cm³/mol. The number of carboxylic acid groups (broad SMARTS) is 1. The Bertz CT molecular complexity index is 943. The van der Waals surface area contributed by atoms with Gasteiger partial charge in [-0.2, -0.15) is 10.1 Å². The number of carboxylic acids is 1. The first-order chi connectivity index (χ1) is 12.9. The van der Waals surface area contributed by atoms with Gasteiger partial charge in [0.1, 0.15) is 0 Å². The quantitative estimate of drug-likeness (QED) is 0.779. The van der Waals surface area contributed by atoms with Crippen molar-refractivity contribution in [2.45, 2.75) is 26.7 Å². The van der Waals surface area contributed by atoms with Crippen molar-refractivity contribution < 1.29 is 14.7 Å². The van der Waals surface area contributed by atoms with Gasteiger partial charge in [-0.1, -0.05) is 32.0 Å². The van der Waals surface area contributed by atoms with Gasteiger partial charge in [-0.3, -0.25) is 4.79 Å². The number of nitrogens with one attached hydrogen (secondary N) is 1. The molecule has 0 aliphatic carbocycles. The van der Waals surface area contributed by atoms with Crippen LogP contribution < -0.4 is 10.3 Å². The molecular formula is C21H21N3O3. The summed E-state index contributed by atoms with van der Waals surface area (Å²) in [6.45, 7) is 6.00. The van der Waals surface area contributed by atoms with Gasteiger partial charge >= 0.3 is 5.97 Å². The fourth-order valence-electron chi connectivity index (χ4n) is 2.89. The van der Waals surface area contributed by atoms with E-state index in [4.69, 9.17) is 5.11 Å². The average molecular weight is 363 g/mol. The first-order valence-electron chi connectivity index (χ1n) is 8.67. The summed E-state index contributed by atoms with van der Waals surface area (Å²) in [5.41, 5.74) is 3.86. The van der Waals surface area contributed by atoms with Crippen LogP contribution in [0, 0.1) is 0 Å². The molecule has 1 aliphatic rings. The van der Waals surface area contributed by atoms with E-state index in [-0.39, 0.29) is 11.5 Å². The minimum atomic E-state index is -1.01. The Labute approximate surface area is 157 Å². The van der Waals surface area contributed by atoms with Crippen LogP contribution in [0.5, 0.6) is 0 Å². The number of anilines is 2. The number of benzene rings is 2. The summed E-state index contributed by atoms with van der Waals surface area (Å²) in [5.74, 6) is -0.918. The van der Waals surface area contributed by atoms with Crippen molar-refractivity contribution in [2.24, 2.45) is 5.10 Å². The maximum Gasteiger partial charge on any atom is 0.335 e. The molecule has 1 aliphatic heterocycles. The number of rotatable bonds is 5. The monoisotopic (exact) mass is 363 g/mol. The normalized spacial score (nSPS) is 15.4. The van der Waals surface area contributed by atoms with E-state index < -0.39 is 5.97 Å². The molecule has 0 saturated heterocycles. The summed E-state index contributed by atoms with van der Waals surface area (Å²) in [6.07, 6.45) is 1.67. The Hall–Kier alpha value is -3.41. The van der Waals surface area contributed by atoms with E-state index in [1.807, 2.05) is 18.2 Å². The number of nitrogens with zero attached hydrogens (tertiary/aromatic N) is 2. The number of hydrazone groups is 1. The molecule has 27 heavy (non-hydrogen) atoms. The molecule has 1 heterocycles. The number of hydrogen-bond donors (Lipinski definition) is 2. The molecule has 3 rings (SSSR count). The van der Waals surface area contributed by atoms with Crippen molar-refractivity contribution in [2.75, 3.05) is 10.3 Å². The maximum atomic E-state index is 12.8. The van der Waals surface area contributed by atoms with Crippen LogP contribution in [-0.2, 0) is 4.79 Å². The Morgan fingerprint density at radius 2 is 1.81 bits per heavy atom. The number of aromatic carboxylic acids is 1. The van der Waals surface area contributed by atoms with Crippen LogP contribution in [0.4, 0.5) is 11.4 Å². The summed E-state index contributed by atoms with van der Waals surface area (Å²) < 4.78 is 0. The molecule has 2 aromatic carbocycles. The van der Waals surface area contributed by atoms with Crippen LogP contribution in [0.15, 0.2) is 65.4 Å². The zero-order valence-electron chi connectivity index (χ0n) is 15.4. The van der Waals surface area contributed by atoms with Crippen LogP contribution in [0.1, 0.15) is 42.6 Å². The van der Waals surface area contributed by atoms with Crippen molar-refractivity contribution in [1.82, 2.24) is 0 Å². The van der Waals surface area contributed by atoms with Gasteiger partial charge in [0.15, 0.2) is 0 Å². The third-order valence-corrected chi connectivity index (χ3v) is 4.38. The standard InChI is InChI=1S/C21H21N3O3/c1-13(2)17-6-4-5-7-19(17)22-12-18-14(3)23-24(20(18)25)16-10-8-15(9-11-16)21(26)27/h4-13,22H,1-3H3,(H,26,27). The molecule has 0 atom stereocenters. The second-order valence-electron chi connectivity index (χ2n) is 6.60. The van der Waals surface area contributed by atoms with Gasteiger partial charge in [-0.25, -0.2) is 4.79 Å². The van der Waals surface area contributed by atoms with E-state index in [0.29, 0.717) is 22.9 Å². The molecule has 0 aromatic heterocycles. The van der Waals surface area contributed by atoms with Crippen molar-refractivity contribution in [3.8, 4) is 0 Å². The van der Waals surface area contributed by atoms with Gasteiger partial charge in [-0.15, -0.1) is 0 Å². The number of carbonyl (C=O) groups excluding carboxylic acids is 1. The first kappa shape index (κ1) is 18.4. The molecule has 0 unspecified atom stereocenters. The van der Waals surface area contributed by atoms with Gasteiger partial charge in [0.2, 0.25) is 0 Å². The molecule has 0 radical (unpaired) electrons. The molecule has 6 nitrogen and oxygen atoms in total. The molecule has 0 bridgehead atoms. The van der Waals surface area contributed by atoms with Crippen LogP contribution in [0.2, 0.25) is 0 Å². The van der Waals surface area contributed by atoms with E-state index in [9.17, 15) is 9.59 Å². The highest BCUT2D eigenvalue weighted by molar-refractivity contribution is 6.29. The van der Waals surface area contributed by atoms with Crippen LogP contribution in [0.25, 0.3) is 0 Å². The minimum absolute atomic E-state index is 0.161. The number of para-hydroxylation sites is 1. The lowest BCUT2D eigenvalue weighted by Gasteiger charge is -2.13. The SMILES string of the molecule is CC1=NN(c2ccc(C(=O)O)cc2)C(=O)C1=CNc1ccccc1C(C)C. The van der Waals surface area contributed by atoms with Gasteiger partial charge in [-0.05, 0) is 48.7 Å².